The topological polar surface area (TPSA) is 66.4 Å². The van der Waals surface area contributed by atoms with Crippen molar-refractivity contribution in [2.75, 3.05) is 49.5 Å². The molecule has 202 valence electrons. The molecule has 4 aromatic rings. The summed E-state index contributed by atoms with van der Waals surface area (Å²) in [5.41, 5.74) is 3.08. The van der Waals surface area contributed by atoms with Crippen molar-refractivity contribution >= 4 is 39.7 Å². The first-order chi connectivity index (χ1) is 19.1. The van der Waals surface area contributed by atoms with Crippen molar-refractivity contribution in [1.82, 2.24) is 19.9 Å². The standard InChI is InChI=1S/C29H30ClFN6OS/c30-21-7-5-6-20(18-21)26-27(39-29(35-26)37-14-3-4-15-37)24-10-11-32-28(34-24)33-22-8-9-25(23(31)19-22)38-17-16-36-12-1-2-13-36/h5-11,18-19H,1-4,12-17H2,(H,32,33,34). The van der Waals surface area contributed by atoms with Crippen molar-refractivity contribution < 1.29 is 9.13 Å². The van der Waals surface area contributed by atoms with E-state index in [0.29, 0.717) is 23.3 Å². The fourth-order valence-corrected chi connectivity index (χ4v) is 6.32. The minimum Gasteiger partial charge on any atom is -0.489 e. The van der Waals surface area contributed by atoms with Crippen LogP contribution in [-0.4, -0.2) is 59.2 Å². The maximum atomic E-state index is 14.8. The van der Waals surface area contributed by atoms with Crippen LogP contribution in [0.4, 0.5) is 21.2 Å². The molecule has 10 heteroatoms. The number of hydrogen-bond donors (Lipinski definition) is 1. The number of nitrogens with zero attached hydrogens (tertiary/aromatic N) is 5. The van der Waals surface area contributed by atoms with Crippen molar-refractivity contribution in [2.24, 2.45) is 0 Å². The first-order valence-corrected chi connectivity index (χ1v) is 14.6. The number of rotatable bonds is 9. The first-order valence-electron chi connectivity index (χ1n) is 13.4. The summed E-state index contributed by atoms with van der Waals surface area (Å²) >= 11 is 7.93. The summed E-state index contributed by atoms with van der Waals surface area (Å²) < 4.78 is 20.5. The summed E-state index contributed by atoms with van der Waals surface area (Å²) in [6, 6.07) is 14.4. The van der Waals surface area contributed by atoms with Crippen molar-refractivity contribution in [3.05, 3.63) is 65.6 Å². The van der Waals surface area contributed by atoms with Gasteiger partial charge in [-0.25, -0.2) is 19.3 Å². The van der Waals surface area contributed by atoms with E-state index in [9.17, 15) is 4.39 Å². The number of benzene rings is 2. The molecule has 6 rings (SSSR count). The molecule has 7 nitrogen and oxygen atoms in total. The van der Waals surface area contributed by atoms with Crippen LogP contribution in [0.15, 0.2) is 54.7 Å². The highest BCUT2D eigenvalue weighted by Crippen LogP contribution is 2.41. The van der Waals surface area contributed by atoms with Crippen LogP contribution in [-0.2, 0) is 0 Å². The van der Waals surface area contributed by atoms with Crippen molar-refractivity contribution in [3.8, 4) is 27.6 Å². The van der Waals surface area contributed by atoms with E-state index >= 15 is 0 Å². The van der Waals surface area contributed by atoms with E-state index in [1.165, 1.54) is 31.7 Å². The van der Waals surface area contributed by atoms with E-state index in [1.807, 2.05) is 30.3 Å². The molecular formula is C29H30ClFN6OS. The molecule has 4 heterocycles. The third kappa shape index (κ3) is 6.16. The average molecular weight is 565 g/mol. The molecule has 0 bridgehead atoms. The second-order valence-electron chi connectivity index (χ2n) is 9.81. The lowest BCUT2D eigenvalue weighted by molar-refractivity contribution is 0.231. The molecule has 2 aromatic carbocycles. The molecule has 39 heavy (non-hydrogen) atoms. The Hall–Kier alpha value is -3.27. The predicted octanol–water partition coefficient (Wildman–Crippen LogP) is 6.88. The molecule has 0 aliphatic carbocycles. The van der Waals surface area contributed by atoms with Crippen LogP contribution in [0.3, 0.4) is 0 Å². The Kier molecular flexibility index (Phi) is 7.90. The zero-order valence-corrected chi connectivity index (χ0v) is 23.1. The third-order valence-corrected chi connectivity index (χ3v) is 8.40. The molecular weight excluding hydrogens is 535 g/mol. The van der Waals surface area contributed by atoms with Crippen LogP contribution in [0.5, 0.6) is 5.75 Å². The summed E-state index contributed by atoms with van der Waals surface area (Å²) in [6.07, 6.45) is 6.49. The van der Waals surface area contributed by atoms with Gasteiger partial charge in [0.25, 0.3) is 0 Å². The van der Waals surface area contributed by atoms with Crippen molar-refractivity contribution in [1.29, 1.82) is 0 Å². The number of aromatic nitrogens is 3. The van der Waals surface area contributed by atoms with Crippen molar-refractivity contribution in [2.45, 2.75) is 25.7 Å². The molecule has 0 atom stereocenters. The van der Waals surface area contributed by atoms with Gasteiger partial charge in [0.15, 0.2) is 16.7 Å². The van der Waals surface area contributed by atoms with Gasteiger partial charge in [-0.05, 0) is 69.1 Å². The predicted molar refractivity (Wildman–Crippen MR) is 156 cm³/mol. The molecule has 2 saturated heterocycles. The second kappa shape index (κ2) is 11.9. The summed E-state index contributed by atoms with van der Waals surface area (Å²) in [7, 11) is 0. The fourth-order valence-electron chi connectivity index (χ4n) is 5.02. The van der Waals surface area contributed by atoms with Gasteiger partial charge in [0, 0.05) is 48.2 Å². The SMILES string of the molecule is Fc1cc(Nc2nccc(-c3sc(N4CCCC4)nc3-c3cccc(Cl)c3)n2)ccc1OCCN1CCCC1. The lowest BCUT2D eigenvalue weighted by Gasteiger charge is -2.15. The van der Waals surface area contributed by atoms with Gasteiger partial charge in [-0.2, -0.15) is 0 Å². The zero-order chi connectivity index (χ0) is 26.6. The van der Waals surface area contributed by atoms with E-state index in [0.717, 1.165) is 59.7 Å². The molecule has 0 amide bonds. The highest BCUT2D eigenvalue weighted by Gasteiger charge is 2.22. The Bertz CT molecular complexity index is 1440. The number of nitrogens with one attached hydrogen (secondary N) is 1. The molecule has 2 aliphatic heterocycles. The van der Waals surface area contributed by atoms with Gasteiger partial charge in [-0.1, -0.05) is 35.1 Å². The van der Waals surface area contributed by atoms with Gasteiger partial charge in [0.2, 0.25) is 5.95 Å². The maximum Gasteiger partial charge on any atom is 0.227 e. The van der Waals surface area contributed by atoms with E-state index in [4.69, 9.17) is 26.3 Å². The van der Waals surface area contributed by atoms with Crippen LogP contribution < -0.4 is 15.0 Å². The lowest BCUT2D eigenvalue weighted by atomic mass is 10.1. The molecule has 2 fully saturated rings. The third-order valence-electron chi connectivity index (χ3n) is 7.03. The molecule has 0 saturated carbocycles. The van der Waals surface area contributed by atoms with E-state index in [1.54, 1.807) is 29.7 Å². The normalized spacial score (nSPS) is 15.7. The highest BCUT2D eigenvalue weighted by atomic mass is 35.5. The minimum absolute atomic E-state index is 0.250. The van der Waals surface area contributed by atoms with Gasteiger partial charge < -0.3 is 15.0 Å². The van der Waals surface area contributed by atoms with Gasteiger partial charge in [0.1, 0.15) is 6.61 Å². The largest absolute Gasteiger partial charge is 0.489 e. The number of halogens is 2. The van der Waals surface area contributed by atoms with Crippen molar-refractivity contribution in [3.63, 3.8) is 0 Å². The Morgan fingerprint density at radius 2 is 1.79 bits per heavy atom. The fraction of sp³-hybridized carbons (Fsp3) is 0.345. The van der Waals surface area contributed by atoms with Crippen LogP contribution in [0.2, 0.25) is 5.02 Å². The number of anilines is 3. The van der Waals surface area contributed by atoms with Crippen LogP contribution in [0, 0.1) is 5.82 Å². The summed E-state index contributed by atoms with van der Waals surface area (Å²) in [5.74, 6) is 0.209. The Labute approximate surface area is 236 Å². The quantitative estimate of drug-likeness (QED) is 0.238. The number of ether oxygens (including phenoxy) is 1. The molecule has 2 aromatic heterocycles. The molecule has 0 spiro atoms. The van der Waals surface area contributed by atoms with Crippen LogP contribution in [0.25, 0.3) is 21.8 Å². The molecule has 0 radical (unpaired) electrons. The smallest absolute Gasteiger partial charge is 0.227 e. The number of likely N-dealkylation sites (tertiary alicyclic amines) is 1. The van der Waals surface area contributed by atoms with Crippen LogP contribution in [0.1, 0.15) is 25.7 Å². The Balaban J connectivity index is 1.21. The maximum absolute atomic E-state index is 14.8. The number of hydrogen-bond acceptors (Lipinski definition) is 8. The first kappa shape index (κ1) is 26.0. The lowest BCUT2D eigenvalue weighted by Crippen LogP contribution is -2.25. The summed E-state index contributed by atoms with van der Waals surface area (Å²) in [4.78, 5) is 19.8. The Morgan fingerprint density at radius 3 is 2.59 bits per heavy atom. The molecule has 1 N–H and O–H groups in total. The van der Waals surface area contributed by atoms with Gasteiger partial charge in [-0.15, -0.1) is 0 Å². The zero-order valence-electron chi connectivity index (χ0n) is 21.6. The minimum atomic E-state index is -0.418. The Morgan fingerprint density at radius 1 is 0.974 bits per heavy atom. The number of thiazole rings is 1. The molecule has 0 unspecified atom stereocenters. The van der Waals surface area contributed by atoms with Gasteiger partial charge in [-0.3, -0.25) is 4.90 Å². The summed E-state index contributed by atoms with van der Waals surface area (Å²) in [6.45, 7) is 5.47. The van der Waals surface area contributed by atoms with Gasteiger partial charge >= 0.3 is 0 Å². The summed E-state index contributed by atoms with van der Waals surface area (Å²) in [5, 5.41) is 4.78. The second-order valence-corrected chi connectivity index (χ2v) is 11.2. The van der Waals surface area contributed by atoms with E-state index < -0.39 is 5.82 Å². The van der Waals surface area contributed by atoms with E-state index in [2.05, 4.69) is 20.1 Å². The average Bonchev–Trinajstić information content (AvgIpc) is 3.72. The van der Waals surface area contributed by atoms with Crippen LogP contribution >= 0.6 is 22.9 Å². The van der Waals surface area contributed by atoms with E-state index in [-0.39, 0.29) is 5.75 Å². The van der Waals surface area contributed by atoms with Gasteiger partial charge in [0.05, 0.1) is 16.3 Å². The monoisotopic (exact) mass is 564 g/mol. The molecule has 2 aliphatic rings. The highest BCUT2D eigenvalue weighted by molar-refractivity contribution is 7.19.